The SMILES string of the molecule is CC/C=C\C/C=C\C/C=C\C/C=C\C/C=C\C/C=C\C/C=C\C/C=C\C/C=C\CCCCCCCCCCCC(=O)NC(COC1OC(CO)C(O)C(O)C1O)C(O)CCCCCCCCCCCCCCCC. The monoisotopic (exact) mass is 1030 g/mol. The van der Waals surface area contributed by atoms with Crippen LogP contribution in [0.5, 0.6) is 0 Å². The normalized spacial score (nSPS) is 19.8. The van der Waals surface area contributed by atoms with E-state index in [9.17, 15) is 30.3 Å². The molecule has 1 aliphatic rings. The van der Waals surface area contributed by atoms with Gasteiger partial charge in [0.05, 0.1) is 25.4 Å². The second-order valence-corrected chi connectivity index (χ2v) is 20.4. The molecule has 0 radical (unpaired) electrons. The molecule has 1 aliphatic heterocycles. The summed E-state index contributed by atoms with van der Waals surface area (Å²) in [7, 11) is 0. The van der Waals surface area contributed by atoms with E-state index in [1.807, 2.05) is 0 Å². The van der Waals surface area contributed by atoms with E-state index < -0.39 is 49.5 Å². The van der Waals surface area contributed by atoms with Crippen molar-refractivity contribution < 1.29 is 39.8 Å². The summed E-state index contributed by atoms with van der Waals surface area (Å²) in [5.74, 6) is -0.155. The van der Waals surface area contributed by atoms with E-state index in [1.54, 1.807) is 0 Å². The Morgan fingerprint density at radius 1 is 0.473 bits per heavy atom. The van der Waals surface area contributed by atoms with Crippen LogP contribution in [0.1, 0.15) is 239 Å². The van der Waals surface area contributed by atoms with E-state index in [1.165, 1.54) is 109 Å². The van der Waals surface area contributed by atoms with Gasteiger partial charge in [-0.05, 0) is 83.5 Å². The number of unbranched alkanes of at least 4 members (excludes halogenated alkanes) is 22. The van der Waals surface area contributed by atoms with E-state index in [-0.39, 0.29) is 12.5 Å². The summed E-state index contributed by atoms with van der Waals surface area (Å²) in [5.41, 5.74) is 0. The van der Waals surface area contributed by atoms with Gasteiger partial charge in [-0.1, -0.05) is 258 Å². The average molecular weight is 1030 g/mol. The van der Waals surface area contributed by atoms with E-state index in [2.05, 4.69) is 129 Å². The van der Waals surface area contributed by atoms with Gasteiger partial charge in [-0.3, -0.25) is 4.79 Å². The number of carbonyl (C=O) groups excluding carboxylic acids is 1. The molecule has 1 amide bonds. The predicted octanol–water partition coefficient (Wildman–Crippen LogP) is 15.3. The number of nitrogens with one attached hydrogen (secondary N) is 1. The summed E-state index contributed by atoms with van der Waals surface area (Å²) in [4.78, 5) is 13.1. The van der Waals surface area contributed by atoms with E-state index >= 15 is 0 Å². The first-order valence-electron chi connectivity index (χ1n) is 30.1. The highest BCUT2D eigenvalue weighted by Gasteiger charge is 2.44. The number of hydrogen-bond acceptors (Lipinski definition) is 8. The minimum absolute atomic E-state index is 0.145. The molecule has 0 aliphatic carbocycles. The molecule has 0 saturated carbocycles. The van der Waals surface area contributed by atoms with Gasteiger partial charge in [0.25, 0.3) is 0 Å². The Morgan fingerprint density at radius 3 is 1.24 bits per heavy atom. The number of allylic oxidation sites excluding steroid dienone is 18. The summed E-state index contributed by atoms with van der Waals surface area (Å²) in [6, 6.07) is -0.729. The van der Waals surface area contributed by atoms with Crippen molar-refractivity contribution in [3.63, 3.8) is 0 Å². The molecule has 9 heteroatoms. The van der Waals surface area contributed by atoms with Crippen LogP contribution in [-0.4, -0.2) is 87.5 Å². The lowest BCUT2D eigenvalue weighted by molar-refractivity contribution is -0.302. The van der Waals surface area contributed by atoms with Gasteiger partial charge in [-0.25, -0.2) is 0 Å². The van der Waals surface area contributed by atoms with Gasteiger partial charge >= 0.3 is 0 Å². The Kier molecular flexibility index (Phi) is 49.6. The number of hydrogen-bond donors (Lipinski definition) is 6. The topological polar surface area (TPSA) is 149 Å². The summed E-state index contributed by atoms with van der Waals surface area (Å²) in [6.07, 6.45) is 71.2. The lowest BCUT2D eigenvalue weighted by Gasteiger charge is -2.40. The highest BCUT2D eigenvalue weighted by Crippen LogP contribution is 2.23. The Labute approximate surface area is 453 Å². The maximum atomic E-state index is 13.1. The van der Waals surface area contributed by atoms with Crippen LogP contribution in [0.4, 0.5) is 0 Å². The first-order chi connectivity index (χ1) is 36.3. The molecule has 0 spiro atoms. The molecule has 7 unspecified atom stereocenters. The molecule has 6 N–H and O–H groups in total. The van der Waals surface area contributed by atoms with Crippen molar-refractivity contribution in [1.82, 2.24) is 5.32 Å². The zero-order chi connectivity index (χ0) is 53.6. The van der Waals surface area contributed by atoms with Gasteiger partial charge < -0.3 is 40.3 Å². The van der Waals surface area contributed by atoms with Crippen LogP contribution >= 0.6 is 0 Å². The van der Waals surface area contributed by atoms with Gasteiger partial charge in [0.15, 0.2) is 6.29 Å². The van der Waals surface area contributed by atoms with Crippen molar-refractivity contribution in [2.75, 3.05) is 13.2 Å². The quantitative estimate of drug-likeness (QED) is 0.0261. The molecule has 0 aromatic carbocycles. The Balaban J connectivity index is 2.15. The predicted molar refractivity (Wildman–Crippen MR) is 313 cm³/mol. The summed E-state index contributed by atoms with van der Waals surface area (Å²) in [6.45, 7) is 3.72. The third kappa shape index (κ3) is 42.0. The molecule has 1 fully saturated rings. The molecule has 0 bridgehead atoms. The van der Waals surface area contributed by atoms with Crippen LogP contribution in [0.3, 0.4) is 0 Å². The first-order valence-corrected chi connectivity index (χ1v) is 30.1. The number of ether oxygens (including phenoxy) is 2. The fraction of sp³-hybridized carbons (Fsp3) is 0.708. The lowest BCUT2D eigenvalue weighted by Crippen LogP contribution is -2.60. The van der Waals surface area contributed by atoms with Crippen LogP contribution in [0.25, 0.3) is 0 Å². The Bertz CT molecular complexity index is 1530. The highest BCUT2D eigenvalue weighted by atomic mass is 16.7. The highest BCUT2D eigenvalue weighted by molar-refractivity contribution is 5.76. The van der Waals surface area contributed by atoms with Crippen LogP contribution in [0.2, 0.25) is 0 Å². The number of carbonyl (C=O) groups is 1. The van der Waals surface area contributed by atoms with Gasteiger partial charge in [0, 0.05) is 6.42 Å². The molecule has 424 valence electrons. The van der Waals surface area contributed by atoms with Crippen molar-refractivity contribution in [3.05, 3.63) is 109 Å². The molecule has 0 aromatic rings. The minimum atomic E-state index is -1.56. The van der Waals surface area contributed by atoms with Crippen LogP contribution in [0.15, 0.2) is 109 Å². The summed E-state index contributed by atoms with van der Waals surface area (Å²) < 4.78 is 11.3. The van der Waals surface area contributed by atoms with Crippen molar-refractivity contribution in [3.8, 4) is 0 Å². The molecule has 1 saturated heterocycles. The van der Waals surface area contributed by atoms with Gasteiger partial charge in [-0.2, -0.15) is 0 Å². The lowest BCUT2D eigenvalue weighted by atomic mass is 9.99. The smallest absolute Gasteiger partial charge is 0.220 e. The maximum absolute atomic E-state index is 13.1. The average Bonchev–Trinajstić information content (AvgIpc) is 3.40. The van der Waals surface area contributed by atoms with Crippen LogP contribution in [0, 0.1) is 0 Å². The second kappa shape index (κ2) is 53.3. The fourth-order valence-electron chi connectivity index (χ4n) is 8.92. The molecule has 0 aromatic heterocycles. The van der Waals surface area contributed by atoms with Crippen molar-refractivity contribution >= 4 is 5.91 Å². The number of aliphatic hydroxyl groups excluding tert-OH is 5. The standard InChI is InChI=1S/C65H111NO8/c1-3-5-7-9-11-13-15-17-19-20-21-22-23-24-25-26-27-28-29-30-31-32-33-34-35-36-37-38-39-40-41-43-45-47-49-51-53-55-61(69)66-58(57-73-65-64(72)63(71)62(70)60(56-67)74-65)59(68)54-52-50-48-46-44-42-18-16-14-12-10-8-6-4-2/h5,7,11,13,17,19,21-22,24-25,27-28,30-31,33-34,36-37,58-60,62-65,67-68,70-72H,3-4,6,8-10,12,14-16,18,20,23,26,29,32,35,38-57H2,1-2H3,(H,66,69)/b7-5-,13-11-,19-17-,22-21-,25-24-,28-27-,31-30-,34-33-,37-36-. The molecule has 7 atom stereocenters. The molecule has 1 heterocycles. The number of aliphatic hydroxyl groups is 5. The van der Waals surface area contributed by atoms with Crippen molar-refractivity contribution in [2.45, 2.75) is 281 Å². The third-order valence-electron chi connectivity index (χ3n) is 13.6. The van der Waals surface area contributed by atoms with Gasteiger partial charge in [0.2, 0.25) is 5.91 Å². The fourth-order valence-corrected chi connectivity index (χ4v) is 8.92. The van der Waals surface area contributed by atoms with Crippen LogP contribution < -0.4 is 5.32 Å². The van der Waals surface area contributed by atoms with Gasteiger partial charge in [0.1, 0.15) is 24.4 Å². The first kappa shape index (κ1) is 68.9. The van der Waals surface area contributed by atoms with Crippen LogP contribution in [-0.2, 0) is 14.3 Å². The zero-order valence-corrected chi connectivity index (χ0v) is 47.1. The summed E-state index contributed by atoms with van der Waals surface area (Å²) >= 11 is 0. The maximum Gasteiger partial charge on any atom is 0.220 e. The van der Waals surface area contributed by atoms with Gasteiger partial charge in [-0.15, -0.1) is 0 Å². The Morgan fingerprint density at radius 2 is 0.838 bits per heavy atom. The minimum Gasteiger partial charge on any atom is -0.394 e. The molecule has 9 nitrogen and oxygen atoms in total. The third-order valence-corrected chi connectivity index (χ3v) is 13.6. The van der Waals surface area contributed by atoms with Crippen molar-refractivity contribution in [1.29, 1.82) is 0 Å². The molecular formula is C65H111NO8. The van der Waals surface area contributed by atoms with E-state index in [0.717, 1.165) is 103 Å². The molecule has 74 heavy (non-hydrogen) atoms. The number of amides is 1. The van der Waals surface area contributed by atoms with Crippen molar-refractivity contribution in [2.24, 2.45) is 0 Å². The summed E-state index contributed by atoms with van der Waals surface area (Å²) in [5, 5.41) is 54.6. The zero-order valence-electron chi connectivity index (χ0n) is 47.1. The second-order valence-electron chi connectivity index (χ2n) is 20.4. The Hall–Kier alpha value is -3.15. The largest absolute Gasteiger partial charge is 0.394 e. The van der Waals surface area contributed by atoms with E-state index in [0.29, 0.717) is 12.8 Å². The number of rotatable bonds is 50. The molecule has 1 rings (SSSR count). The molecular weight excluding hydrogens is 923 g/mol. The van der Waals surface area contributed by atoms with E-state index in [4.69, 9.17) is 9.47 Å².